The molecule has 0 N–H and O–H groups in total. The van der Waals surface area contributed by atoms with Gasteiger partial charge < -0.3 is 13.7 Å². The Labute approximate surface area is 145 Å². The number of hydrogen-bond donors (Lipinski definition) is 0. The van der Waals surface area contributed by atoms with Crippen LogP contribution < -0.4 is 0 Å². The molecule has 0 aliphatic carbocycles. The molecule has 3 aromatic heterocycles. The molecule has 0 bridgehead atoms. The first-order valence-electron chi connectivity index (χ1n) is 8.36. The van der Waals surface area contributed by atoms with E-state index in [4.69, 9.17) is 10.00 Å². The molecule has 0 aromatic carbocycles. The van der Waals surface area contributed by atoms with Crippen molar-refractivity contribution in [2.45, 2.75) is 26.1 Å². The predicted octanol–water partition coefficient (Wildman–Crippen LogP) is 1.39. The molecule has 3 aromatic rings. The van der Waals surface area contributed by atoms with Gasteiger partial charge in [-0.1, -0.05) is 0 Å². The second kappa shape index (κ2) is 6.63. The molecule has 8 heteroatoms. The van der Waals surface area contributed by atoms with Crippen LogP contribution >= 0.6 is 0 Å². The minimum absolute atomic E-state index is 0.0787. The van der Waals surface area contributed by atoms with Crippen molar-refractivity contribution in [2.75, 3.05) is 19.7 Å². The normalized spacial score (nSPS) is 18.5. The molecule has 1 fully saturated rings. The van der Waals surface area contributed by atoms with Gasteiger partial charge in [0.05, 0.1) is 24.1 Å². The Balaban J connectivity index is 1.54. The van der Waals surface area contributed by atoms with Gasteiger partial charge in [0.1, 0.15) is 24.1 Å². The van der Waals surface area contributed by atoms with E-state index in [0.29, 0.717) is 12.2 Å². The molecule has 1 saturated heterocycles. The number of nitrogens with zero attached hydrogens (tertiary/aromatic N) is 7. The standard InChI is InChI=1S/C17H19N7O/c1-2-23-12-20-21-17(23)15-11-22(5-6-25-15)10-14-8-19-16-4-3-13(7-18)9-24(14)16/h3-4,8-9,12,15H,2,5-6,10-11H2,1H3/t15-/m1/s1. The average Bonchev–Trinajstić information content (AvgIpc) is 3.28. The summed E-state index contributed by atoms with van der Waals surface area (Å²) in [6.45, 7) is 5.90. The maximum Gasteiger partial charge on any atom is 0.163 e. The first-order chi connectivity index (χ1) is 12.3. The van der Waals surface area contributed by atoms with Crippen molar-refractivity contribution in [2.24, 2.45) is 0 Å². The molecule has 8 nitrogen and oxygen atoms in total. The Morgan fingerprint density at radius 3 is 3.16 bits per heavy atom. The fourth-order valence-electron chi connectivity index (χ4n) is 3.20. The van der Waals surface area contributed by atoms with E-state index >= 15 is 0 Å². The van der Waals surface area contributed by atoms with E-state index in [9.17, 15) is 0 Å². The van der Waals surface area contributed by atoms with Crippen LogP contribution in [-0.4, -0.2) is 48.7 Å². The number of nitriles is 1. The zero-order valence-corrected chi connectivity index (χ0v) is 14.0. The van der Waals surface area contributed by atoms with Crippen molar-refractivity contribution >= 4 is 5.65 Å². The summed E-state index contributed by atoms with van der Waals surface area (Å²) in [7, 11) is 0. The third-order valence-corrected chi connectivity index (χ3v) is 4.52. The number of rotatable bonds is 4. The highest BCUT2D eigenvalue weighted by atomic mass is 16.5. The summed E-state index contributed by atoms with van der Waals surface area (Å²) in [5.74, 6) is 0.872. The smallest absolute Gasteiger partial charge is 0.163 e. The zero-order chi connectivity index (χ0) is 17.2. The van der Waals surface area contributed by atoms with Gasteiger partial charge in [-0.2, -0.15) is 5.26 Å². The van der Waals surface area contributed by atoms with Crippen molar-refractivity contribution < 1.29 is 4.74 Å². The van der Waals surface area contributed by atoms with Crippen LogP contribution in [0.25, 0.3) is 5.65 Å². The van der Waals surface area contributed by atoms with Crippen molar-refractivity contribution in [1.82, 2.24) is 29.0 Å². The van der Waals surface area contributed by atoms with Gasteiger partial charge in [0.2, 0.25) is 0 Å². The van der Waals surface area contributed by atoms with Crippen LogP contribution in [0.5, 0.6) is 0 Å². The first-order valence-corrected chi connectivity index (χ1v) is 8.36. The van der Waals surface area contributed by atoms with Crippen LogP contribution in [0.3, 0.4) is 0 Å². The Kier molecular flexibility index (Phi) is 4.17. The van der Waals surface area contributed by atoms with E-state index in [-0.39, 0.29) is 6.10 Å². The van der Waals surface area contributed by atoms with E-state index in [1.165, 1.54) is 0 Å². The molecule has 1 atom stereocenters. The summed E-state index contributed by atoms with van der Waals surface area (Å²) in [5, 5.41) is 17.3. The van der Waals surface area contributed by atoms with E-state index in [1.54, 1.807) is 12.4 Å². The van der Waals surface area contributed by atoms with Gasteiger partial charge in [0.25, 0.3) is 0 Å². The van der Waals surface area contributed by atoms with Gasteiger partial charge in [-0.05, 0) is 19.1 Å². The molecule has 4 heterocycles. The fraction of sp³-hybridized carbons (Fsp3) is 0.412. The summed E-state index contributed by atoms with van der Waals surface area (Å²) in [4.78, 5) is 6.75. The first kappa shape index (κ1) is 15.7. The van der Waals surface area contributed by atoms with E-state index < -0.39 is 0 Å². The van der Waals surface area contributed by atoms with Crippen LogP contribution in [0.2, 0.25) is 0 Å². The van der Waals surface area contributed by atoms with Crippen molar-refractivity contribution in [3.63, 3.8) is 0 Å². The highest BCUT2D eigenvalue weighted by Gasteiger charge is 2.26. The molecular formula is C17H19N7O. The Morgan fingerprint density at radius 2 is 2.32 bits per heavy atom. The van der Waals surface area contributed by atoms with Crippen LogP contribution in [0.1, 0.15) is 30.1 Å². The lowest BCUT2D eigenvalue weighted by molar-refractivity contribution is -0.0392. The second-order valence-corrected chi connectivity index (χ2v) is 6.08. The number of morpholine rings is 1. The lowest BCUT2D eigenvalue weighted by Gasteiger charge is -2.32. The largest absolute Gasteiger partial charge is 0.368 e. The Hall–Kier alpha value is -2.76. The van der Waals surface area contributed by atoms with Gasteiger partial charge in [-0.15, -0.1) is 10.2 Å². The summed E-state index contributed by atoms with van der Waals surface area (Å²) in [6, 6.07) is 5.83. The van der Waals surface area contributed by atoms with Crippen molar-refractivity contribution in [3.8, 4) is 6.07 Å². The molecule has 0 radical (unpaired) electrons. The van der Waals surface area contributed by atoms with Gasteiger partial charge >= 0.3 is 0 Å². The molecule has 0 saturated carbocycles. The van der Waals surface area contributed by atoms with Crippen molar-refractivity contribution in [3.05, 3.63) is 47.9 Å². The third kappa shape index (κ3) is 2.99. The van der Waals surface area contributed by atoms with E-state index in [2.05, 4.69) is 33.1 Å². The van der Waals surface area contributed by atoms with Crippen molar-refractivity contribution in [1.29, 1.82) is 5.26 Å². The minimum atomic E-state index is -0.0787. The number of ether oxygens (including phenoxy) is 1. The summed E-state index contributed by atoms with van der Waals surface area (Å²) >= 11 is 0. The van der Waals surface area contributed by atoms with Gasteiger partial charge in [0.15, 0.2) is 5.82 Å². The summed E-state index contributed by atoms with van der Waals surface area (Å²) < 4.78 is 9.91. The number of pyridine rings is 1. The third-order valence-electron chi connectivity index (χ3n) is 4.52. The summed E-state index contributed by atoms with van der Waals surface area (Å²) in [6.07, 6.45) is 5.37. The van der Waals surface area contributed by atoms with Gasteiger partial charge in [-0.25, -0.2) is 4.98 Å². The fourth-order valence-corrected chi connectivity index (χ4v) is 3.20. The lowest BCUT2D eigenvalue weighted by atomic mass is 10.2. The number of imidazole rings is 1. The highest BCUT2D eigenvalue weighted by Crippen LogP contribution is 2.22. The van der Waals surface area contributed by atoms with Crippen LogP contribution in [-0.2, 0) is 17.8 Å². The van der Waals surface area contributed by atoms with Gasteiger partial charge in [-0.3, -0.25) is 4.90 Å². The maximum absolute atomic E-state index is 9.11. The topological polar surface area (TPSA) is 84.3 Å². The highest BCUT2D eigenvalue weighted by molar-refractivity contribution is 5.44. The van der Waals surface area contributed by atoms with Crippen LogP contribution in [0, 0.1) is 11.3 Å². The van der Waals surface area contributed by atoms with E-state index in [0.717, 1.165) is 43.3 Å². The van der Waals surface area contributed by atoms with Crippen LogP contribution in [0.15, 0.2) is 30.9 Å². The number of fused-ring (bicyclic) bond motifs is 1. The number of aryl methyl sites for hydroxylation is 1. The molecule has 25 heavy (non-hydrogen) atoms. The van der Waals surface area contributed by atoms with Gasteiger partial charge in [0, 0.05) is 32.4 Å². The molecule has 1 aliphatic rings. The predicted molar refractivity (Wildman–Crippen MR) is 89.6 cm³/mol. The van der Waals surface area contributed by atoms with E-state index in [1.807, 2.05) is 27.4 Å². The molecule has 0 unspecified atom stereocenters. The SMILES string of the molecule is CCn1cnnc1[C@H]1CN(Cc2cnc3ccc(C#N)cn23)CCO1. The zero-order valence-electron chi connectivity index (χ0n) is 14.0. The monoisotopic (exact) mass is 337 g/mol. The average molecular weight is 337 g/mol. The molecule has 0 spiro atoms. The lowest BCUT2D eigenvalue weighted by Crippen LogP contribution is -2.39. The summed E-state index contributed by atoms with van der Waals surface area (Å²) in [5.41, 5.74) is 2.54. The number of hydrogen-bond acceptors (Lipinski definition) is 6. The molecule has 0 amide bonds. The second-order valence-electron chi connectivity index (χ2n) is 6.08. The Bertz CT molecular complexity index is 923. The Morgan fingerprint density at radius 1 is 1.40 bits per heavy atom. The molecule has 128 valence electrons. The quantitative estimate of drug-likeness (QED) is 0.715. The minimum Gasteiger partial charge on any atom is -0.368 e. The number of aromatic nitrogens is 5. The molecule has 1 aliphatic heterocycles. The van der Waals surface area contributed by atoms with Crippen LogP contribution in [0.4, 0.5) is 0 Å². The molecule has 4 rings (SSSR count). The molecular weight excluding hydrogens is 318 g/mol. The maximum atomic E-state index is 9.11.